The van der Waals surface area contributed by atoms with E-state index >= 15 is 0 Å². The van der Waals surface area contributed by atoms with Crippen molar-refractivity contribution in [3.8, 4) is 11.5 Å². The van der Waals surface area contributed by atoms with Gasteiger partial charge in [-0.1, -0.05) is 75.2 Å². The molecule has 0 N–H and O–H groups in total. The molecule has 1 fully saturated rings. The Morgan fingerprint density at radius 3 is 2.52 bits per heavy atom. The van der Waals surface area contributed by atoms with Crippen LogP contribution < -0.4 is 14.4 Å². The van der Waals surface area contributed by atoms with Crippen LogP contribution >= 0.6 is 63.1 Å². The van der Waals surface area contributed by atoms with E-state index in [-0.39, 0.29) is 12.5 Å². The van der Waals surface area contributed by atoms with Gasteiger partial charge in [-0.2, -0.15) is 0 Å². The van der Waals surface area contributed by atoms with Crippen molar-refractivity contribution < 1.29 is 14.3 Å². The quantitative estimate of drug-likeness (QED) is 0.220. The van der Waals surface area contributed by atoms with Crippen LogP contribution in [0.25, 0.3) is 6.08 Å². The summed E-state index contributed by atoms with van der Waals surface area (Å²) in [6, 6.07) is 18.2. The largest absolute Gasteiger partial charge is 0.493 e. The topological polar surface area (TPSA) is 38.8 Å². The zero-order chi connectivity index (χ0) is 23.5. The van der Waals surface area contributed by atoms with E-state index in [4.69, 9.17) is 44.9 Å². The second kappa shape index (κ2) is 10.5. The maximum atomic E-state index is 13.0. The van der Waals surface area contributed by atoms with Crippen LogP contribution in [0.4, 0.5) is 5.69 Å². The van der Waals surface area contributed by atoms with Gasteiger partial charge in [0.2, 0.25) is 0 Å². The van der Waals surface area contributed by atoms with E-state index in [0.29, 0.717) is 30.8 Å². The summed E-state index contributed by atoms with van der Waals surface area (Å²) in [6.45, 7) is 0.261. The molecule has 0 bridgehead atoms. The molecular formula is C24H16BrCl2NO3S2. The number of halogens is 3. The summed E-state index contributed by atoms with van der Waals surface area (Å²) in [7, 11) is 1.56. The molecule has 1 aliphatic rings. The van der Waals surface area contributed by atoms with Crippen molar-refractivity contribution in [3.63, 3.8) is 0 Å². The van der Waals surface area contributed by atoms with E-state index in [2.05, 4.69) is 15.9 Å². The third-order valence-electron chi connectivity index (χ3n) is 4.76. The van der Waals surface area contributed by atoms with E-state index in [1.165, 1.54) is 16.7 Å². The SMILES string of the molecule is COc1cc(/C=C2/SC(=S)N(c3ccc(Br)cc3)C2=O)ccc1OCc1ccc(Cl)cc1Cl. The number of nitrogens with zero attached hydrogens (tertiary/aromatic N) is 1. The normalized spacial score (nSPS) is 14.8. The maximum absolute atomic E-state index is 13.0. The summed E-state index contributed by atoms with van der Waals surface area (Å²) in [6.07, 6.45) is 1.79. The number of thioether (sulfide) groups is 1. The van der Waals surface area contributed by atoms with E-state index in [9.17, 15) is 4.79 Å². The molecule has 1 saturated heterocycles. The van der Waals surface area contributed by atoms with Gasteiger partial charge in [0.1, 0.15) is 6.61 Å². The molecule has 1 amide bonds. The molecule has 0 atom stereocenters. The number of rotatable bonds is 6. The summed E-state index contributed by atoms with van der Waals surface area (Å²) < 4.78 is 12.8. The molecule has 33 heavy (non-hydrogen) atoms. The van der Waals surface area contributed by atoms with Crippen molar-refractivity contribution in [2.24, 2.45) is 0 Å². The van der Waals surface area contributed by atoms with Gasteiger partial charge in [-0.05, 0) is 60.2 Å². The fraction of sp³-hybridized carbons (Fsp3) is 0.0833. The highest BCUT2D eigenvalue weighted by molar-refractivity contribution is 9.10. The lowest BCUT2D eigenvalue weighted by Crippen LogP contribution is -2.27. The lowest BCUT2D eigenvalue weighted by molar-refractivity contribution is -0.113. The van der Waals surface area contributed by atoms with E-state index < -0.39 is 0 Å². The molecule has 9 heteroatoms. The monoisotopic (exact) mass is 579 g/mol. The first-order chi connectivity index (χ1) is 15.9. The summed E-state index contributed by atoms with van der Waals surface area (Å²) in [5, 5.41) is 1.10. The molecule has 4 rings (SSSR count). The van der Waals surface area contributed by atoms with Gasteiger partial charge in [0.15, 0.2) is 15.8 Å². The van der Waals surface area contributed by atoms with Gasteiger partial charge in [0, 0.05) is 20.1 Å². The number of amides is 1. The lowest BCUT2D eigenvalue weighted by atomic mass is 10.1. The molecule has 0 unspecified atom stereocenters. The molecule has 3 aromatic carbocycles. The molecule has 4 nitrogen and oxygen atoms in total. The predicted octanol–water partition coefficient (Wildman–Crippen LogP) is 7.75. The Morgan fingerprint density at radius 2 is 1.82 bits per heavy atom. The number of anilines is 1. The number of methoxy groups -OCH3 is 1. The molecule has 0 aliphatic carbocycles. The van der Waals surface area contributed by atoms with Gasteiger partial charge in [-0.15, -0.1) is 0 Å². The first-order valence-electron chi connectivity index (χ1n) is 9.64. The Kier molecular flexibility index (Phi) is 7.66. The van der Waals surface area contributed by atoms with Crippen LogP contribution in [0.3, 0.4) is 0 Å². The Hall–Kier alpha value is -2.03. The molecule has 0 saturated carbocycles. The zero-order valence-corrected chi connectivity index (χ0v) is 21.9. The van der Waals surface area contributed by atoms with Crippen LogP contribution in [0.1, 0.15) is 11.1 Å². The minimum Gasteiger partial charge on any atom is -0.493 e. The summed E-state index contributed by atoms with van der Waals surface area (Å²) in [5.74, 6) is 0.935. The fourth-order valence-electron chi connectivity index (χ4n) is 3.12. The second-order valence-corrected chi connectivity index (χ2v) is 10.4. The first kappa shape index (κ1) is 24.1. The smallest absolute Gasteiger partial charge is 0.270 e. The summed E-state index contributed by atoms with van der Waals surface area (Å²) >= 11 is 22.3. The Labute approximate surface area is 219 Å². The Balaban J connectivity index is 1.53. The molecule has 1 heterocycles. The van der Waals surface area contributed by atoms with Crippen molar-refractivity contribution in [1.29, 1.82) is 0 Å². The van der Waals surface area contributed by atoms with E-state index in [1.54, 1.807) is 31.4 Å². The Bertz CT molecular complexity index is 1270. The third-order valence-corrected chi connectivity index (χ3v) is 7.18. The highest BCUT2D eigenvalue weighted by Crippen LogP contribution is 2.37. The van der Waals surface area contributed by atoms with Crippen molar-refractivity contribution >= 4 is 85.1 Å². The van der Waals surface area contributed by atoms with E-state index in [1.807, 2.05) is 42.5 Å². The lowest BCUT2D eigenvalue weighted by Gasteiger charge is -2.14. The highest BCUT2D eigenvalue weighted by atomic mass is 79.9. The molecule has 3 aromatic rings. The van der Waals surface area contributed by atoms with Gasteiger partial charge < -0.3 is 9.47 Å². The minimum atomic E-state index is -0.163. The molecule has 0 aromatic heterocycles. The highest BCUT2D eigenvalue weighted by Gasteiger charge is 2.33. The summed E-state index contributed by atoms with van der Waals surface area (Å²) in [4.78, 5) is 15.1. The van der Waals surface area contributed by atoms with Crippen molar-refractivity contribution in [3.05, 3.63) is 91.2 Å². The number of carbonyl (C=O) groups is 1. The van der Waals surface area contributed by atoms with Crippen molar-refractivity contribution in [2.45, 2.75) is 6.61 Å². The number of hydrogen-bond donors (Lipinski definition) is 0. The average molecular weight is 581 g/mol. The molecule has 0 radical (unpaired) electrons. The molecule has 1 aliphatic heterocycles. The van der Waals surface area contributed by atoms with Crippen LogP contribution in [0.5, 0.6) is 11.5 Å². The fourth-order valence-corrected chi connectivity index (χ4v) is 5.15. The molecular weight excluding hydrogens is 565 g/mol. The van der Waals surface area contributed by atoms with Gasteiger partial charge >= 0.3 is 0 Å². The van der Waals surface area contributed by atoms with Gasteiger partial charge in [0.25, 0.3) is 5.91 Å². The van der Waals surface area contributed by atoms with Crippen LogP contribution in [-0.2, 0) is 11.4 Å². The van der Waals surface area contributed by atoms with Crippen LogP contribution in [0.15, 0.2) is 70.0 Å². The second-order valence-electron chi connectivity index (χ2n) is 6.93. The predicted molar refractivity (Wildman–Crippen MR) is 144 cm³/mol. The third kappa shape index (κ3) is 5.55. The zero-order valence-electron chi connectivity index (χ0n) is 17.2. The Morgan fingerprint density at radius 1 is 1.06 bits per heavy atom. The minimum absolute atomic E-state index is 0.163. The van der Waals surface area contributed by atoms with Crippen molar-refractivity contribution in [1.82, 2.24) is 0 Å². The molecule has 0 spiro atoms. The van der Waals surface area contributed by atoms with E-state index in [0.717, 1.165) is 21.3 Å². The molecule has 168 valence electrons. The summed E-state index contributed by atoms with van der Waals surface area (Å²) in [5.41, 5.74) is 2.33. The first-order valence-corrected chi connectivity index (χ1v) is 12.4. The maximum Gasteiger partial charge on any atom is 0.270 e. The number of carbonyl (C=O) groups excluding carboxylic acids is 1. The van der Waals surface area contributed by atoms with Crippen LogP contribution in [0, 0.1) is 0 Å². The number of thiocarbonyl (C=S) groups is 1. The van der Waals surface area contributed by atoms with Gasteiger partial charge in [-0.3, -0.25) is 9.69 Å². The number of ether oxygens (including phenoxy) is 2. The van der Waals surface area contributed by atoms with Gasteiger partial charge in [-0.25, -0.2) is 0 Å². The average Bonchev–Trinajstić information content (AvgIpc) is 3.07. The van der Waals surface area contributed by atoms with Crippen LogP contribution in [0.2, 0.25) is 10.0 Å². The number of hydrogen-bond acceptors (Lipinski definition) is 5. The standard InChI is InChI=1S/C24H16BrCl2NO3S2/c1-30-21-10-14(2-9-20(21)31-13-15-3-6-17(26)12-19(15)27)11-22-23(29)28(24(32)33-22)18-7-4-16(25)5-8-18/h2-12H,13H2,1H3/b22-11+. The van der Waals surface area contributed by atoms with Gasteiger partial charge in [0.05, 0.1) is 17.7 Å². The number of benzene rings is 3. The van der Waals surface area contributed by atoms with Crippen LogP contribution in [-0.4, -0.2) is 17.3 Å². The van der Waals surface area contributed by atoms with Crippen molar-refractivity contribution in [2.75, 3.05) is 12.0 Å².